The molecular weight excluding hydrogens is 233 g/mol. The third-order valence-corrected chi connectivity index (χ3v) is 10.9. The number of carbonyl (C=O) groups is 1. The first-order chi connectivity index (χ1) is 4.54. The molecule has 0 aliphatic rings. The van der Waals surface area contributed by atoms with Crippen LogP contribution in [0.1, 0.15) is 13.3 Å². The van der Waals surface area contributed by atoms with Gasteiger partial charge in [0.25, 0.3) is 0 Å². The van der Waals surface area contributed by atoms with Gasteiger partial charge in [0.05, 0.1) is 0 Å². The Balaban J connectivity index is 3.96. The normalized spacial score (nSPS) is 11.2. The van der Waals surface area contributed by atoms with E-state index in [0.29, 0.717) is 3.92 Å². The molecule has 0 fully saturated rings. The van der Waals surface area contributed by atoms with Crippen LogP contribution in [-0.2, 0) is 0 Å². The molecular formula is C7H17NOSn. The molecule has 0 rings (SSSR count). The Hall–Kier alpha value is 0.269. The molecule has 0 unspecified atom stereocenters. The van der Waals surface area contributed by atoms with Crippen molar-refractivity contribution in [3.05, 3.63) is 0 Å². The van der Waals surface area contributed by atoms with E-state index in [9.17, 15) is 4.79 Å². The SMILES string of the molecule is CC[CH2][Sn]([CH3])([CH3])[C](=O)NC. The summed E-state index contributed by atoms with van der Waals surface area (Å²) in [6.45, 7) is 2.14. The second-order valence-corrected chi connectivity index (χ2v) is 16.7. The van der Waals surface area contributed by atoms with Crippen molar-refractivity contribution < 1.29 is 4.79 Å². The predicted octanol–water partition coefficient (Wildman–Crippen LogP) is 2.03. The van der Waals surface area contributed by atoms with E-state index in [-0.39, 0.29) is 0 Å². The molecule has 0 aliphatic heterocycles. The van der Waals surface area contributed by atoms with E-state index in [4.69, 9.17) is 0 Å². The number of nitrogens with one attached hydrogen (secondary N) is 1. The molecule has 0 aromatic heterocycles. The fourth-order valence-corrected chi connectivity index (χ4v) is 7.22. The van der Waals surface area contributed by atoms with E-state index < -0.39 is 18.4 Å². The van der Waals surface area contributed by atoms with Crippen molar-refractivity contribution in [1.29, 1.82) is 0 Å². The molecule has 0 aromatic rings. The van der Waals surface area contributed by atoms with Crippen LogP contribution < -0.4 is 5.32 Å². The van der Waals surface area contributed by atoms with Gasteiger partial charge in [-0.15, -0.1) is 0 Å². The van der Waals surface area contributed by atoms with Gasteiger partial charge in [-0.05, 0) is 0 Å². The first kappa shape index (κ1) is 10.3. The number of amides is 1. The number of rotatable bonds is 3. The van der Waals surface area contributed by atoms with Gasteiger partial charge in [0, 0.05) is 0 Å². The summed E-state index contributed by atoms with van der Waals surface area (Å²) in [5, 5.41) is 2.74. The Morgan fingerprint density at radius 1 is 1.50 bits per heavy atom. The summed E-state index contributed by atoms with van der Waals surface area (Å²) >= 11 is -2.26. The van der Waals surface area contributed by atoms with E-state index in [1.165, 1.54) is 0 Å². The molecule has 0 saturated heterocycles. The van der Waals surface area contributed by atoms with Gasteiger partial charge in [0.2, 0.25) is 0 Å². The van der Waals surface area contributed by atoms with Gasteiger partial charge in [-0.25, -0.2) is 0 Å². The summed E-state index contributed by atoms with van der Waals surface area (Å²) in [5.74, 6) is 0. The first-order valence-corrected chi connectivity index (χ1v) is 12.9. The van der Waals surface area contributed by atoms with Crippen molar-refractivity contribution in [3.8, 4) is 0 Å². The van der Waals surface area contributed by atoms with Crippen LogP contribution in [0.15, 0.2) is 0 Å². The van der Waals surface area contributed by atoms with Gasteiger partial charge < -0.3 is 0 Å². The topological polar surface area (TPSA) is 29.1 Å². The Bertz CT molecular complexity index is 123. The Labute approximate surface area is 67.3 Å². The van der Waals surface area contributed by atoms with Crippen molar-refractivity contribution in [1.82, 2.24) is 5.32 Å². The van der Waals surface area contributed by atoms with Crippen molar-refractivity contribution in [3.63, 3.8) is 0 Å². The second kappa shape index (κ2) is 4.21. The van der Waals surface area contributed by atoms with Crippen molar-refractivity contribution >= 4 is 22.3 Å². The Kier molecular flexibility index (Phi) is 4.32. The number of hydrogen-bond donors (Lipinski definition) is 1. The summed E-state index contributed by atoms with van der Waals surface area (Å²) in [7, 11) is 1.73. The molecule has 0 bridgehead atoms. The minimum absolute atomic E-state index is 0.344. The molecule has 0 spiro atoms. The molecule has 0 aliphatic carbocycles. The van der Waals surface area contributed by atoms with Crippen molar-refractivity contribution in [2.24, 2.45) is 0 Å². The average molecular weight is 250 g/mol. The van der Waals surface area contributed by atoms with Crippen LogP contribution in [0.3, 0.4) is 0 Å². The molecule has 0 radical (unpaired) electrons. The molecule has 1 N–H and O–H groups in total. The molecule has 0 heterocycles. The van der Waals surface area contributed by atoms with Crippen LogP contribution in [0.5, 0.6) is 0 Å². The predicted molar refractivity (Wildman–Crippen MR) is 47.0 cm³/mol. The zero-order chi connectivity index (χ0) is 8.20. The Morgan fingerprint density at radius 2 is 2.00 bits per heavy atom. The van der Waals surface area contributed by atoms with Crippen LogP contribution in [-0.4, -0.2) is 29.3 Å². The van der Waals surface area contributed by atoms with Gasteiger partial charge in [0.1, 0.15) is 0 Å². The van der Waals surface area contributed by atoms with E-state index >= 15 is 0 Å². The summed E-state index contributed by atoms with van der Waals surface area (Å²) < 4.78 is 1.50. The molecule has 3 heteroatoms. The standard InChI is InChI=1S/C3H7.C2H4NO.2CH3.Sn/c1-3-2;1-3-2-4;;;/h1,3H2,2H3;1H3,(H,3,4);2*1H3;. The van der Waals surface area contributed by atoms with Crippen molar-refractivity contribution in [2.75, 3.05) is 7.05 Å². The Morgan fingerprint density at radius 3 is 2.30 bits per heavy atom. The maximum absolute atomic E-state index is 11.2. The van der Waals surface area contributed by atoms with Crippen LogP contribution >= 0.6 is 0 Å². The molecule has 10 heavy (non-hydrogen) atoms. The summed E-state index contributed by atoms with van der Waals surface area (Å²) in [5.41, 5.74) is 0. The van der Waals surface area contributed by atoms with E-state index in [1.807, 2.05) is 0 Å². The van der Waals surface area contributed by atoms with E-state index in [0.717, 1.165) is 10.9 Å². The van der Waals surface area contributed by atoms with Crippen molar-refractivity contribution in [2.45, 2.75) is 27.7 Å². The van der Waals surface area contributed by atoms with Gasteiger partial charge in [-0.3, -0.25) is 0 Å². The average Bonchev–Trinajstić information content (AvgIpc) is 1.86. The van der Waals surface area contributed by atoms with Crippen LogP contribution in [0, 0.1) is 0 Å². The molecule has 2 nitrogen and oxygen atoms in total. The first-order valence-electron chi connectivity index (χ1n) is 3.76. The fraction of sp³-hybridized carbons (Fsp3) is 0.857. The van der Waals surface area contributed by atoms with Crippen LogP contribution in [0.25, 0.3) is 0 Å². The summed E-state index contributed by atoms with van der Waals surface area (Å²) in [6.07, 6.45) is 1.15. The van der Waals surface area contributed by atoms with Gasteiger partial charge >= 0.3 is 67.1 Å². The molecule has 1 amide bonds. The van der Waals surface area contributed by atoms with Gasteiger partial charge in [-0.1, -0.05) is 0 Å². The fourth-order valence-electron chi connectivity index (χ4n) is 1.08. The molecule has 0 atom stereocenters. The third-order valence-electron chi connectivity index (χ3n) is 1.72. The molecule has 0 saturated carbocycles. The van der Waals surface area contributed by atoms with E-state index in [1.54, 1.807) is 7.05 Å². The molecule has 0 aromatic carbocycles. The van der Waals surface area contributed by atoms with Gasteiger partial charge in [-0.2, -0.15) is 0 Å². The zero-order valence-electron chi connectivity index (χ0n) is 7.32. The second-order valence-electron chi connectivity index (χ2n) is 3.21. The summed E-state index contributed by atoms with van der Waals surface area (Å²) in [6, 6.07) is 0. The molecule has 60 valence electrons. The monoisotopic (exact) mass is 251 g/mol. The minimum atomic E-state index is -2.26. The quantitative estimate of drug-likeness (QED) is 0.762. The summed E-state index contributed by atoms with van der Waals surface area (Å²) in [4.78, 5) is 15.6. The maximum atomic E-state index is 11.2. The van der Waals surface area contributed by atoms with Gasteiger partial charge in [0.15, 0.2) is 0 Å². The number of hydrogen-bond acceptors (Lipinski definition) is 1. The van der Waals surface area contributed by atoms with Crippen LogP contribution in [0.4, 0.5) is 4.79 Å². The number of carbonyl (C=O) groups excluding carboxylic acids is 1. The third kappa shape index (κ3) is 2.90. The van der Waals surface area contributed by atoms with Crippen LogP contribution in [0.2, 0.25) is 14.3 Å². The zero-order valence-corrected chi connectivity index (χ0v) is 10.2. The van der Waals surface area contributed by atoms with E-state index in [2.05, 4.69) is 22.1 Å².